The summed E-state index contributed by atoms with van der Waals surface area (Å²) in [6, 6.07) is 24.4. The first-order chi connectivity index (χ1) is 14.3. The number of likely N-dealkylation sites (tertiary alicyclic amines) is 1. The van der Waals surface area contributed by atoms with Gasteiger partial charge in [-0.3, -0.25) is 4.79 Å². The molecule has 0 radical (unpaired) electrons. The molecule has 1 saturated heterocycles. The highest BCUT2D eigenvalue weighted by Crippen LogP contribution is 2.29. The molecule has 1 aliphatic rings. The number of aromatic nitrogens is 1. The number of benzene rings is 2. The van der Waals surface area contributed by atoms with Crippen LogP contribution in [0, 0.1) is 0 Å². The van der Waals surface area contributed by atoms with Crippen molar-refractivity contribution in [1.82, 2.24) is 9.88 Å². The topological polar surface area (TPSA) is 45.2 Å². The summed E-state index contributed by atoms with van der Waals surface area (Å²) >= 11 is 1.64. The molecule has 0 bridgehead atoms. The Kier molecular flexibility index (Phi) is 4.74. The van der Waals surface area contributed by atoms with Gasteiger partial charge in [0.05, 0.1) is 21.7 Å². The van der Waals surface area contributed by atoms with Crippen molar-refractivity contribution in [1.29, 1.82) is 0 Å². The molecule has 1 unspecified atom stereocenters. The molecule has 1 amide bonds. The van der Waals surface area contributed by atoms with Crippen LogP contribution in [0.5, 0.6) is 0 Å². The van der Waals surface area contributed by atoms with Crippen molar-refractivity contribution in [2.75, 3.05) is 18.4 Å². The Balaban J connectivity index is 1.43. The summed E-state index contributed by atoms with van der Waals surface area (Å²) < 4.78 is 0. The van der Waals surface area contributed by atoms with E-state index in [2.05, 4.69) is 17.4 Å². The number of amides is 1. The predicted molar refractivity (Wildman–Crippen MR) is 119 cm³/mol. The third-order valence-electron chi connectivity index (χ3n) is 5.34. The first kappa shape index (κ1) is 17.9. The van der Waals surface area contributed by atoms with Crippen LogP contribution < -0.4 is 5.32 Å². The molecule has 2 aromatic carbocycles. The zero-order chi connectivity index (χ0) is 19.6. The van der Waals surface area contributed by atoms with E-state index >= 15 is 0 Å². The van der Waals surface area contributed by atoms with E-state index in [0.717, 1.165) is 45.7 Å². The second-order valence-corrected chi connectivity index (χ2v) is 8.24. The lowest BCUT2D eigenvalue weighted by Gasteiger charge is -2.19. The van der Waals surface area contributed by atoms with Gasteiger partial charge in [0.15, 0.2) is 0 Å². The maximum atomic E-state index is 13.5. The van der Waals surface area contributed by atoms with E-state index in [9.17, 15) is 4.79 Å². The molecule has 0 saturated carbocycles. The molecule has 1 atom stereocenters. The Hall–Kier alpha value is -3.18. The number of carbonyl (C=O) groups excluding carboxylic acids is 1. The molecule has 5 heteroatoms. The molecule has 144 valence electrons. The van der Waals surface area contributed by atoms with Crippen LogP contribution in [0.15, 0.2) is 78.2 Å². The molecule has 2 aromatic heterocycles. The number of anilines is 1. The van der Waals surface area contributed by atoms with Gasteiger partial charge in [-0.25, -0.2) is 4.98 Å². The van der Waals surface area contributed by atoms with Gasteiger partial charge in [-0.2, -0.15) is 0 Å². The van der Waals surface area contributed by atoms with Crippen molar-refractivity contribution in [2.45, 2.75) is 12.5 Å². The summed E-state index contributed by atoms with van der Waals surface area (Å²) in [6.07, 6.45) is 0.946. The van der Waals surface area contributed by atoms with E-state index in [1.807, 2.05) is 70.9 Å². The van der Waals surface area contributed by atoms with Crippen LogP contribution in [-0.2, 0) is 0 Å². The van der Waals surface area contributed by atoms with Gasteiger partial charge in [0, 0.05) is 30.2 Å². The largest absolute Gasteiger partial charge is 0.380 e. The number of nitrogens with one attached hydrogen (secondary N) is 1. The normalized spacial score (nSPS) is 16.3. The number of para-hydroxylation sites is 2. The van der Waals surface area contributed by atoms with E-state index in [1.165, 1.54) is 0 Å². The molecule has 0 spiro atoms. The highest BCUT2D eigenvalue weighted by Gasteiger charge is 2.28. The van der Waals surface area contributed by atoms with Crippen LogP contribution in [0.4, 0.5) is 5.69 Å². The quantitative estimate of drug-likeness (QED) is 0.507. The molecule has 29 heavy (non-hydrogen) atoms. The molecule has 1 N–H and O–H groups in total. The number of thiophene rings is 1. The third-order valence-corrected chi connectivity index (χ3v) is 6.23. The van der Waals surface area contributed by atoms with Gasteiger partial charge in [0.25, 0.3) is 5.91 Å². The average molecular weight is 400 g/mol. The summed E-state index contributed by atoms with van der Waals surface area (Å²) in [5, 5.41) is 6.49. The standard InChI is InChI=1S/C24H21N3OS/c28-24(27-13-12-18(16-27)25-17-7-2-1-3-8-17)20-15-22(23-11-6-14-29-23)26-21-10-5-4-9-19(20)21/h1-11,14-15,18,25H,12-13,16H2. The van der Waals surface area contributed by atoms with Gasteiger partial charge >= 0.3 is 0 Å². The van der Waals surface area contributed by atoms with Gasteiger partial charge < -0.3 is 10.2 Å². The van der Waals surface area contributed by atoms with Crippen molar-refractivity contribution in [3.8, 4) is 10.6 Å². The Morgan fingerprint density at radius 1 is 1.03 bits per heavy atom. The molecule has 3 heterocycles. The van der Waals surface area contributed by atoms with Gasteiger partial charge in [-0.15, -0.1) is 11.3 Å². The highest BCUT2D eigenvalue weighted by atomic mass is 32.1. The van der Waals surface area contributed by atoms with E-state index in [-0.39, 0.29) is 11.9 Å². The number of rotatable bonds is 4. The first-order valence-corrected chi connectivity index (χ1v) is 10.7. The summed E-state index contributed by atoms with van der Waals surface area (Å²) in [4.78, 5) is 21.3. The number of nitrogens with zero attached hydrogens (tertiary/aromatic N) is 2. The maximum Gasteiger partial charge on any atom is 0.254 e. The lowest BCUT2D eigenvalue weighted by molar-refractivity contribution is 0.0793. The molecule has 1 fully saturated rings. The monoisotopic (exact) mass is 399 g/mol. The van der Waals surface area contributed by atoms with Crippen LogP contribution in [-0.4, -0.2) is 34.9 Å². The van der Waals surface area contributed by atoms with Crippen molar-refractivity contribution in [2.24, 2.45) is 0 Å². The predicted octanol–water partition coefficient (Wildman–Crippen LogP) is 5.29. The maximum absolute atomic E-state index is 13.5. The van der Waals surface area contributed by atoms with Gasteiger partial charge in [-0.05, 0) is 42.1 Å². The summed E-state index contributed by atoms with van der Waals surface area (Å²) in [7, 11) is 0. The molecular weight excluding hydrogens is 378 g/mol. The minimum atomic E-state index is 0.0822. The molecule has 4 aromatic rings. The fourth-order valence-electron chi connectivity index (χ4n) is 3.91. The third kappa shape index (κ3) is 3.61. The molecule has 4 nitrogen and oxygen atoms in total. The number of fused-ring (bicyclic) bond motifs is 1. The first-order valence-electron chi connectivity index (χ1n) is 9.82. The second kappa shape index (κ2) is 7.68. The van der Waals surface area contributed by atoms with Crippen molar-refractivity contribution >= 4 is 33.8 Å². The summed E-state index contributed by atoms with van der Waals surface area (Å²) in [5.74, 6) is 0.0822. The van der Waals surface area contributed by atoms with Crippen molar-refractivity contribution in [3.63, 3.8) is 0 Å². The SMILES string of the molecule is O=C(c1cc(-c2cccs2)nc2ccccc12)N1CCC(Nc2ccccc2)C1. The minimum absolute atomic E-state index is 0.0822. The summed E-state index contributed by atoms with van der Waals surface area (Å²) in [5.41, 5.74) is 3.56. The fraction of sp³-hybridized carbons (Fsp3) is 0.167. The number of carbonyl (C=O) groups is 1. The number of hydrogen-bond acceptors (Lipinski definition) is 4. The Morgan fingerprint density at radius 3 is 2.69 bits per heavy atom. The van der Waals surface area contributed by atoms with Gasteiger partial charge in [0.1, 0.15) is 0 Å². The van der Waals surface area contributed by atoms with Crippen molar-refractivity contribution < 1.29 is 4.79 Å². The Bertz CT molecular complexity index is 1140. The lowest BCUT2D eigenvalue weighted by Crippen LogP contribution is -2.31. The van der Waals surface area contributed by atoms with Gasteiger partial charge in [-0.1, -0.05) is 42.5 Å². The van der Waals surface area contributed by atoms with Crippen LogP contribution in [0.2, 0.25) is 0 Å². The number of pyridine rings is 1. The van der Waals surface area contributed by atoms with Crippen molar-refractivity contribution in [3.05, 3.63) is 83.7 Å². The van der Waals surface area contributed by atoms with Crippen LogP contribution in [0.25, 0.3) is 21.5 Å². The zero-order valence-corrected chi connectivity index (χ0v) is 16.7. The molecular formula is C24H21N3OS. The highest BCUT2D eigenvalue weighted by molar-refractivity contribution is 7.13. The van der Waals surface area contributed by atoms with Crippen LogP contribution in [0.3, 0.4) is 0 Å². The smallest absolute Gasteiger partial charge is 0.254 e. The van der Waals surface area contributed by atoms with Crippen LogP contribution >= 0.6 is 11.3 Å². The van der Waals surface area contributed by atoms with E-state index in [1.54, 1.807) is 11.3 Å². The van der Waals surface area contributed by atoms with E-state index < -0.39 is 0 Å². The van der Waals surface area contributed by atoms with Crippen LogP contribution in [0.1, 0.15) is 16.8 Å². The molecule has 5 rings (SSSR count). The Morgan fingerprint density at radius 2 is 1.86 bits per heavy atom. The molecule has 0 aliphatic carbocycles. The second-order valence-electron chi connectivity index (χ2n) is 7.30. The number of hydrogen-bond donors (Lipinski definition) is 1. The van der Waals surface area contributed by atoms with E-state index in [4.69, 9.17) is 4.98 Å². The summed E-state index contributed by atoms with van der Waals surface area (Å²) in [6.45, 7) is 1.47. The minimum Gasteiger partial charge on any atom is -0.380 e. The molecule has 1 aliphatic heterocycles. The average Bonchev–Trinajstić information content (AvgIpc) is 3.46. The Labute approximate surface area is 173 Å². The van der Waals surface area contributed by atoms with Gasteiger partial charge in [0.2, 0.25) is 0 Å². The van der Waals surface area contributed by atoms with E-state index in [0.29, 0.717) is 6.54 Å². The lowest BCUT2D eigenvalue weighted by atomic mass is 10.1. The fourth-order valence-corrected chi connectivity index (χ4v) is 4.59. The zero-order valence-electron chi connectivity index (χ0n) is 15.9.